The number of carbonyl (C=O) groups is 1. The average molecular weight is 307 g/mol. The fourth-order valence-corrected chi connectivity index (χ4v) is 2.19. The van der Waals surface area contributed by atoms with Crippen LogP contribution >= 0.6 is 15.9 Å². The molecule has 0 aromatic heterocycles. The van der Waals surface area contributed by atoms with Crippen LogP contribution in [-0.4, -0.2) is 18.2 Å². The van der Waals surface area contributed by atoms with Crippen molar-refractivity contribution >= 4 is 38.2 Å². The van der Waals surface area contributed by atoms with Crippen LogP contribution in [0.25, 0.3) is 16.3 Å². The quantitative estimate of drug-likeness (QED) is 0.695. The van der Waals surface area contributed by atoms with Gasteiger partial charge in [0.1, 0.15) is 5.57 Å². The molecule has 4 heteroatoms. The van der Waals surface area contributed by atoms with Gasteiger partial charge in [-0.1, -0.05) is 40.2 Å². The van der Waals surface area contributed by atoms with Gasteiger partial charge in [0.05, 0.1) is 13.4 Å². The van der Waals surface area contributed by atoms with E-state index >= 15 is 0 Å². The molecule has 0 bridgehead atoms. The van der Waals surface area contributed by atoms with Crippen molar-refractivity contribution in [3.8, 4) is 0 Å². The monoisotopic (exact) mass is 306 g/mol. The number of methoxy groups -OCH3 is 1. The van der Waals surface area contributed by atoms with Crippen molar-refractivity contribution in [3.05, 3.63) is 52.7 Å². The van der Waals surface area contributed by atoms with Crippen LogP contribution in [0.2, 0.25) is 0 Å². The van der Waals surface area contributed by atoms with Crippen molar-refractivity contribution < 1.29 is 14.6 Å². The molecule has 0 aliphatic carbocycles. The van der Waals surface area contributed by atoms with Crippen molar-refractivity contribution in [1.82, 2.24) is 0 Å². The zero-order chi connectivity index (χ0) is 13.1. The number of ether oxygens (including phenoxy) is 1. The molecular weight excluding hydrogens is 296 g/mol. The lowest BCUT2D eigenvalue weighted by atomic mass is 9.99. The maximum absolute atomic E-state index is 11.3. The van der Waals surface area contributed by atoms with E-state index in [4.69, 9.17) is 4.74 Å². The second-order valence-electron chi connectivity index (χ2n) is 3.74. The summed E-state index contributed by atoms with van der Waals surface area (Å²) in [6, 6.07) is 11.3. The van der Waals surface area contributed by atoms with Gasteiger partial charge in [-0.05, 0) is 28.5 Å². The number of hydrogen-bond donors (Lipinski definition) is 1. The molecule has 0 spiro atoms. The summed E-state index contributed by atoms with van der Waals surface area (Å²) in [7, 11) is 1.43. The number of rotatable bonds is 3. The Bertz CT molecular complexity index is 632. The van der Waals surface area contributed by atoms with Crippen LogP contribution in [0, 0.1) is 0 Å². The molecule has 18 heavy (non-hydrogen) atoms. The first-order chi connectivity index (χ1) is 8.63. The number of fused-ring (bicyclic) bond motifs is 1. The molecule has 0 saturated heterocycles. The predicted molar refractivity (Wildman–Crippen MR) is 74.3 cm³/mol. The largest absolute Gasteiger partial charge is 0.503 e. The zero-order valence-electron chi connectivity index (χ0n) is 9.68. The number of carboxylic acid groups (broad SMARTS) is 1. The van der Waals surface area contributed by atoms with E-state index < -0.39 is 5.97 Å². The summed E-state index contributed by atoms with van der Waals surface area (Å²) < 4.78 is 5.75. The lowest BCUT2D eigenvalue weighted by molar-refractivity contribution is -0.130. The Kier molecular flexibility index (Phi) is 3.67. The fourth-order valence-electron chi connectivity index (χ4n) is 1.83. The average Bonchev–Trinajstić information content (AvgIpc) is 2.35. The van der Waals surface area contributed by atoms with Crippen molar-refractivity contribution in [1.29, 1.82) is 0 Å². The zero-order valence-corrected chi connectivity index (χ0v) is 11.3. The SMILES string of the molecule is COC=C(C(=O)O)c1cccc2ccc(Br)cc12. The molecule has 0 atom stereocenters. The highest BCUT2D eigenvalue weighted by atomic mass is 79.9. The summed E-state index contributed by atoms with van der Waals surface area (Å²) in [5.41, 5.74) is 0.782. The van der Waals surface area contributed by atoms with E-state index in [9.17, 15) is 9.90 Å². The van der Waals surface area contributed by atoms with Crippen LogP contribution < -0.4 is 0 Å². The topological polar surface area (TPSA) is 46.5 Å². The highest BCUT2D eigenvalue weighted by Gasteiger charge is 2.14. The summed E-state index contributed by atoms with van der Waals surface area (Å²) in [6.07, 6.45) is 1.25. The summed E-state index contributed by atoms with van der Waals surface area (Å²) in [5, 5.41) is 11.1. The lowest BCUT2D eigenvalue weighted by Crippen LogP contribution is -2.01. The molecule has 2 aromatic carbocycles. The Morgan fingerprint density at radius 1 is 1.33 bits per heavy atom. The maximum Gasteiger partial charge on any atom is 0.339 e. The summed E-state index contributed by atoms with van der Waals surface area (Å²) >= 11 is 3.39. The highest BCUT2D eigenvalue weighted by molar-refractivity contribution is 9.10. The van der Waals surface area contributed by atoms with Crippen molar-refractivity contribution in [2.24, 2.45) is 0 Å². The second-order valence-corrected chi connectivity index (χ2v) is 4.66. The van der Waals surface area contributed by atoms with E-state index in [1.807, 2.05) is 30.3 Å². The summed E-state index contributed by atoms with van der Waals surface area (Å²) in [5.74, 6) is -1.01. The van der Waals surface area contributed by atoms with E-state index in [0.717, 1.165) is 15.2 Å². The van der Waals surface area contributed by atoms with Crippen LogP contribution in [0.1, 0.15) is 5.56 Å². The molecular formula is C14H11BrO3. The Morgan fingerprint density at radius 3 is 2.78 bits per heavy atom. The third-order valence-corrected chi connectivity index (χ3v) is 3.09. The van der Waals surface area contributed by atoms with Crippen LogP contribution in [0.5, 0.6) is 0 Å². The van der Waals surface area contributed by atoms with Gasteiger partial charge in [-0.3, -0.25) is 0 Å². The molecule has 92 valence electrons. The van der Waals surface area contributed by atoms with Crippen LogP contribution in [-0.2, 0) is 9.53 Å². The number of benzene rings is 2. The van der Waals surface area contributed by atoms with Crippen molar-refractivity contribution in [2.75, 3.05) is 7.11 Å². The van der Waals surface area contributed by atoms with Gasteiger partial charge in [-0.2, -0.15) is 0 Å². The minimum atomic E-state index is -1.01. The Morgan fingerprint density at radius 2 is 2.11 bits per heavy atom. The van der Waals surface area contributed by atoms with Gasteiger partial charge in [-0.25, -0.2) is 4.79 Å². The van der Waals surface area contributed by atoms with E-state index in [-0.39, 0.29) is 5.57 Å². The van der Waals surface area contributed by atoms with Crippen LogP contribution in [0.4, 0.5) is 0 Å². The molecule has 0 radical (unpaired) electrons. The number of halogens is 1. The van der Waals surface area contributed by atoms with Gasteiger partial charge in [0.2, 0.25) is 0 Å². The van der Waals surface area contributed by atoms with Crippen molar-refractivity contribution in [3.63, 3.8) is 0 Å². The van der Waals surface area contributed by atoms with Crippen LogP contribution in [0.15, 0.2) is 47.1 Å². The Labute approximate surface area is 113 Å². The van der Waals surface area contributed by atoms with Gasteiger partial charge in [0, 0.05) is 4.47 Å². The second kappa shape index (κ2) is 5.23. The molecule has 2 rings (SSSR count). The molecule has 0 saturated carbocycles. The minimum absolute atomic E-state index is 0.140. The van der Waals surface area contributed by atoms with Gasteiger partial charge in [0.25, 0.3) is 0 Å². The molecule has 0 heterocycles. The first-order valence-electron chi connectivity index (χ1n) is 5.28. The predicted octanol–water partition coefficient (Wildman–Crippen LogP) is 3.67. The lowest BCUT2D eigenvalue weighted by Gasteiger charge is -2.07. The number of hydrogen-bond acceptors (Lipinski definition) is 2. The van der Waals surface area contributed by atoms with E-state index in [1.165, 1.54) is 13.4 Å². The normalized spacial score (nSPS) is 11.6. The minimum Gasteiger partial charge on any atom is -0.503 e. The standard InChI is InChI=1S/C14H11BrO3/c1-18-8-13(14(16)17)11-4-2-3-9-5-6-10(15)7-12(9)11/h2-8H,1H3,(H,16,17). The van der Waals surface area contributed by atoms with Gasteiger partial charge >= 0.3 is 5.97 Å². The Hall–Kier alpha value is -1.81. The molecule has 0 amide bonds. The van der Waals surface area contributed by atoms with E-state index in [2.05, 4.69) is 15.9 Å². The maximum atomic E-state index is 11.3. The smallest absolute Gasteiger partial charge is 0.339 e. The summed E-state index contributed by atoms with van der Waals surface area (Å²) in [6.45, 7) is 0. The van der Waals surface area contributed by atoms with Crippen LogP contribution in [0.3, 0.4) is 0 Å². The third kappa shape index (κ3) is 2.38. The molecule has 0 unspecified atom stereocenters. The number of aliphatic carboxylic acids is 1. The van der Waals surface area contributed by atoms with Gasteiger partial charge in [-0.15, -0.1) is 0 Å². The fraction of sp³-hybridized carbons (Fsp3) is 0.0714. The molecule has 0 fully saturated rings. The molecule has 1 N–H and O–H groups in total. The molecule has 0 aliphatic heterocycles. The number of carboxylic acids is 1. The van der Waals surface area contributed by atoms with Gasteiger partial charge in [0.15, 0.2) is 0 Å². The summed E-state index contributed by atoms with van der Waals surface area (Å²) in [4.78, 5) is 11.3. The molecule has 2 aromatic rings. The molecule has 0 aliphatic rings. The molecule has 3 nitrogen and oxygen atoms in total. The van der Waals surface area contributed by atoms with E-state index in [0.29, 0.717) is 5.56 Å². The van der Waals surface area contributed by atoms with E-state index in [1.54, 1.807) is 6.07 Å². The Balaban J connectivity index is 2.73. The highest BCUT2D eigenvalue weighted by Crippen LogP contribution is 2.28. The van der Waals surface area contributed by atoms with Gasteiger partial charge < -0.3 is 9.84 Å². The third-order valence-electron chi connectivity index (χ3n) is 2.60. The first kappa shape index (κ1) is 12.6. The first-order valence-corrected chi connectivity index (χ1v) is 6.07. The van der Waals surface area contributed by atoms with Crippen molar-refractivity contribution in [2.45, 2.75) is 0 Å².